The van der Waals surface area contributed by atoms with E-state index in [9.17, 15) is 0 Å². The Morgan fingerprint density at radius 1 is 1.12 bits per heavy atom. The van der Waals surface area contributed by atoms with Crippen molar-refractivity contribution in [2.24, 2.45) is 0 Å². The van der Waals surface area contributed by atoms with Crippen LogP contribution in [-0.4, -0.2) is 17.0 Å². The van der Waals surface area contributed by atoms with Crippen LogP contribution in [0.25, 0.3) is 0 Å². The Balaban J connectivity index is 2.98. The summed E-state index contributed by atoms with van der Waals surface area (Å²) in [6.07, 6.45) is 2.10. The summed E-state index contributed by atoms with van der Waals surface area (Å²) in [4.78, 5) is 2.25. The van der Waals surface area contributed by atoms with E-state index in [1.807, 2.05) is 12.3 Å². The van der Waals surface area contributed by atoms with Gasteiger partial charge in [0, 0.05) is 12.1 Å². The zero-order chi connectivity index (χ0) is 12.8. The molecule has 1 N–H and O–H groups in total. The fourth-order valence-electron chi connectivity index (χ4n) is 1.92. The molecule has 0 aliphatic carbocycles. The van der Waals surface area contributed by atoms with E-state index >= 15 is 0 Å². The van der Waals surface area contributed by atoms with Gasteiger partial charge in [-0.25, -0.2) is 0 Å². The van der Waals surface area contributed by atoms with E-state index in [2.05, 4.69) is 68.8 Å². The number of hydrogen-bond acceptors (Lipinski definition) is 2. The van der Waals surface area contributed by atoms with E-state index < -0.39 is 0 Å². The molecule has 94 valence electrons. The van der Waals surface area contributed by atoms with Crippen molar-refractivity contribution in [1.82, 2.24) is 10.2 Å². The van der Waals surface area contributed by atoms with Crippen LogP contribution in [-0.2, 0) is 0 Å². The molecule has 0 radical (unpaired) electrons. The van der Waals surface area contributed by atoms with Crippen LogP contribution < -0.4 is 5.32 Å². The Labute approximate surface area is 105 Å². The number of rotatable bonds is 6. The first-order chi connectivity index (χ1) is 8.06. The standard InChI is InChI=1S/C15H24N2/c1-6-17(13(4)5)15(16-12(2)3)14-10-8-7-9-11-14/h6-13,15-16H,1H2,2-5H3. The molecule has 0 saturated heterocycles. The van der Waals surface area contributed by atoms with Crippen LogP contribution in [0.5, 0.6) is 0 Å². The number of benzene rings is 1. The monoisotopic (exact) mass is 232 g/mol. The van der Waals surface area contributed by atoms with Crippen LogP contribution in [0.1, 0.15) is 39.4 Å². The van der Waals surface area contributed by atoms with Crippen molar-refractivity contribution in [1.29, 1.82) is 0 Å². The molecule has 1 unspecified atom stereocenters. The molecule has 1 atom stereocenters. The first kappa shape index (κ1) is 13.8. The summed E-state index contributed by atoms with van der Waals surface area (Å²) < 4.78 is 0. The predicted molar refractivity (Wildman–Crippen MR) is 74.6 cm³/mol. The van der Waals surface area contributed by atoms with Crippen LogP contribution in [0.4, 0.5) is 0 Å². The molecule has 0 spiro atoms. The molecule has 2 heteroatoms. The average Bonchev–Trinajstić information content (AvgIpc) is 2.29. The third kappa shape index (κ3) is 3.90. The SMILES string of the molecule is C=CN(C(C)C)C(NC(C)C)c1ccccc1. The molecule has 0 aromatic heterocycles. The van der Waals surface area contributed by atoms with Crippen molar-refractivity contribution in [3.8, 4) is 0 Å². The Bertz CT molecular complexity index is 330. The maximum Gasteiger partial charge on any atom is 0.106 e. The predicted octanol–water partition coefficient (Wildman–Crippen LogP) is 3.54. The minimum Gasteiger partial charge on any atom is -0.356 e. The molecule has 0 aliphatic rings. The fourth-order valence-corrected chi connectivity index (χ4v) is 1.92. The molecule has 0 bridgehead atoms. The van der Waals surface area contributed by atoms with Crippen molar-refractivity contribution < 1.29 is 0 Å². The van der Waals surface area contributed by atoms with Gasteiger partial charge in [0.25, 0.3) is 0 Å². The maximum atomic E-state index is 3.92. The van der Waals surface area contributed by atoms with Crippen LogP contribution in [0.15, 0.2) is 43.1 Å². The van der Waals surface area contributed by atoms with Crippen LogP contribution in [0.2, 0.25) is 0 Å². The van der Waals surface area contributed by atoms with Gasteiger partial charge in [-0.2, -0.15) is 0 Å². The average molecular weight is 232 g/mol. The fraction of sp³-hybridized carbons (Fsp3) is 0.467. The van der Waals surface area contributed by atoms with E-state index in [0.717, 1.165) is 0 Å². The van der Waals surface area contributed by atoms with Gasteiger partial charge < -0.3 is 4.90 Å². The van der Waals surface area contributed by atoms with Gasteiger partial charge in [-0.1, -0.05) is 36.9 Å². The normalized spacial score (nSPS) is 12.8. The Morgan fingerprint density at radius 3 is 2.12 bits per heavy atom. The molecule has 0 aliphatic heterocycles. The van der Waals surface area contributed by atoms with Gasteiger partial charge in [-0.05, 0) is 39.5 Å². The third-order valence-electron chi connectivity index (χ3n) is 2.71. The van der Waals surface area contributed by atoms with Crippen molar-refractivity contribution in [2.75, 3.05) is 0 Å². The van der Waals surface area contributed by atoms with Gasteiger partial charge in [0.1, 0.15) is 6.17 Å². The summed E-state index contributed by atoms with van der Waals surface area (Å²) in [5, 5.41) is 3.58. The van der Waals surface area contributed by atoms with Gasteiger partial charge >= 0.3 is 0 Å². The minimum atomic E-state index is 0.189. The molecule has 1 aromatic rings. The Hall–Kier alpha value is -1.28. The Kier molecular flexibility index (Phi) is 5.23. The van der Waals surface area contributed by atoms with Crippen molar-refractivity contribution in [2.45, 2.75) is 45.9 Å². The molecule has 17 heavy (non-hydrogen) atoms. The molecule has 1 aromatic carbocycles. The van der Waals surface area contributed by atoms with E-state index in [0.29, 0.717) is 12.1 Å². The molecular weight excluding hydrogens is 208 g/mol. The molecule has 1 rings (SSSR count). The molecule has 2 nitrogen and oxygen atoms in total. The Morgan fingerprint density at radius 2 is 1.71 bits per heavy atom. The number of nitrogens with one attached hydrogen (secondary N) is 1. The highest BCUT2D eigenvalue weighted by Crippen LogP contribution is 2.21. The highest BCUT2D eigenvalue weighted by atomic mass is 15.3. The summed E-state index contributed by atoms with van der Waals surface area (Å²) in [5.74, 6) is 0. The highest BCUT2D eigenvalue weighted by molar-refractivity contribution is 5.19. The van der Waals surface area contributed by atoms with Crippen molar-refractivity contribution in [3.05, 3.63) is 48.7 Å². The second-order valence-corrected chi connectivity index (χ2v) is 4.86. The first-order valence-corrected chi connectivity index (χ1v) is 6.27. The second kappa shape index (κ2) is 6.45. The quantitative estimate of drug-likeness (QED) is 0.755. The lowest BCUT2D eigenvalue weighted by atomic mass is 10.1. The van der Waals surface area contributed by atoms with Gasteiger partial charge in [0.2, 0.25) is 0 Å². The summed E-state index contributed by atoms with van der Waals surface area (Å²) >= 11 is 0. The zero-order valence-corrected chi connectivity index (χ0v) is 11.4. The minimum absolute atomic E-state index is 0.189. The molecular formula is C15H24N2. The first-order valence-electron chi connectivity index (χ1n) is 6.27. The van der Waals surface area contributed by atoms with Crippen LogP contribution >= 0.6 is 0 Å². The lowest BCUT2D eigenvalue weighted by Gasteiger charge is -2.36. The van der Waals surface area contributed by atoms with Gasteiger partial charge in [0.05, 0.1) is 0 Å². The summed E-state index contributed by atoms with van der Waals surface area (Å²) in [6, 6.07) is 11.4. The number of hydrogen-bond donors (Lipinski definition) is 1. The van der Waals surface area contributed by atoms with E-state index in [-0.39, 0.29) is 6.17 Å². The smallest absolute Gasteiger partial charge is 0.106 e. The van der Waals surface area contributed by atoms with Gasteiger partial charge in [-0.15, -0.1) is 0 Å². The highest BCUT2D eigenvalue weighted by Gasteiger charge is 2.19. The lowest BCUT2D eigenvalue weighted by molar-refractivity contribution is 0.184. The second-order valence-electron chi connectivity index (χ2n) is 4.86. The lowest BCUT2D eigenvalue weighted by Crippen LogP contribution is -2.41. The van der Waals surface area contributed by atoms with Crippen LogP contribution in [0, 0.1) is 0 Å². The number of nitrogens with zero attached hydrogens (tertiary/aromatic N) is 1. The molecule has 0 saturated carbocycles. The largest absolute Gasteiger partial charge is 0.356 e. The summed E-state index contributed by atoms with van der Waals surface area (Å²) in [5.41, 5.74) is 1.27. The topological polar surface area (TPSA) is 15.3 Å². The summed E-state index contributed by atoms with van der Waals surface area (Å²) in [6.45, 7) is 12.6. The maximum absolute atomic E-state index is 3.92. The molecule has 0 amide bonds. The summed E-state index contributed by atoms with van der Waals surface area (Å²) in [7, 11) is 0. The zero-order valence-electron chi connectivity index (χ0n) is 11.4. The van der Waals surface area contributed by atoms with Crippen LogP contribution in [0.3, 0.4) is 0 Å². The van der Waals surface area contributed by atoms with E-state index in [1.54, 1.807) is 0 Å². The van der Waals surface area contributed by atoms with Crippen molar-refractivity contribution in [3.63, 3.8) is 0 Å². The molecule has 0 heterocycles. The van der Waals surface area contributed by atoms with Gasteiger partial charge in [0.15, 0.2) is 0 Å². The van der Waals surface area contributed by atoms with Crippen molar-refractivity contribution >= 4 is 0 Å². The van der Waals surface area contributed by atoms with Gasteiger partial charge in [-0.3, -0.25) is 5.32 Å². The third-order valence-corrected chi connectivity index (χ3v) is 2.71. The van der Waals surface area contributed by atoms with E-state index in [4.69, 9.17) is 0 Å². The molecule has 0 fully saturated rings. The van der Waals surface area contributed by atoms with E-state index in [1.165, 1.54) is 5.56 Å².